The van der Waals surface area contributed by atoms with Crippen molar-refractivity contribution in [3.8, 4) is 5.75 Å². The van der Waals surface area contributed by atoms with Gasteiger partial charge in [-0.2, -0.15) is 0 Å². The Morgan fingerprint density at radius 2 is 1.79 bits per heavy atom. The van der Waals surface area contributed by atoms with Gasteiger partial charge in [0.1, 0.15) is 6.54 Å². The van der Waals surface area contributed by atoms with Crippen LogP contribution < -0.4 is 20.5 Å². The van der Waals surface area contributed by atoms with Crippen LogP contribution in [-0.4, -0.2) is 41.5 Å². The van der Waals surface area contributed by atoms with E-state index in [1.165, 1.54) is 40.9 Å². The van der Waals surface area contributed by atoms with Crippen LogP contribution in [0.1, 0.15) is 0 Å². The molecule has 0 aliphatic carbocycles. The van der Waals surface area contributed by atoms with Crippen molar-refractivity contribution in [2.45, 2.75) is 4.90 Å². The van der Waals surface area contributed by atoms with Crippen LogP contribution in [0.4, 0.5) is 11.4 Å². The summed E-state index contributed by atoms with van der Waals surface area (Å²) >= 11 is 1.40. The van der Waals surface area contributed by atoms with Crippen molar-refractivity contribution in [3.63, 3.8) is 0 Å². The summed E-state index contributed by atoms with van der Waals surface area (Å²) in [7, 11) is 0. The van der Waals surface area contributed by atoms with E-state index in [9.17, 15) is 24.5 Å². The molecule has 2 aromatic rings. The SMILES string of the molecule is O=C(COc1ccccc1[N+](=O)[O-])NNC(=O)CN1C(=O)CSc2ccccc21. The van der Waals surface area contributed by atoms with Gasteiger partial charge in [-0.1, -0.05) is 24.3 Å². The minimum absolute atomic E-state index is 0.0630. The number of amides is 3. The molecular weight excluding hydrogens is 400 g/mol. The average molecular weight is 416 g/mol. The minimum atomic E-state index is -0.711. The van der Waals surface area contributed by atoms with Crippen molar-refractivity contribution in [1.29, 1.82) is 0 Å². The van der Waals surface area contributed by atoms with Gasteiger partial charge < -0.3 is 9.64 Å². The molecule has 0 saturated carbocycles. The van der Waals surface area contributed by atoms with Crippen molar-refractivity contribution in [2.75, 3.05) is 23.8 Å². The van der Waals surface area contributed by atoms with Crippen LogP contribution in [0.15, 0.2) is 53.4 Å². The molecule has 3 rings (SSSR count). The van der Waals surface area contributed by atoms with Gasteiger partial charge in [-0.25, -0.2) is 0 Å². The summed E-state index contributed by atoms with van der Waals surface area (Å²) in [6.07, 6.45) is 0. The van der Waals surface area contributed by atoms with E-state index in [0.29, 0.717) is 5.69 Å². The highest BCUT2D eigenvalue weighted by atomic mass is 32.2. The molecule has 1 aliphatic rings. The second kappa shape index (κ2) is 9.06. The molecule has 1 aliphatic heterocycles. The maximum atomic E-state index is 12.1. The quantitative estimate of drug-likeness (QED) is 0.535. The van der Waals surface area contributed by atoms with Crippen molar-refractivity contribution in [3.05, 3.63) is 58.6 Å². The Morgan fingerprint density at radius 3 is 2.59 bits per heavy atom. The number of nitrogens with zero attached hydrogens (tertiary/aromatic N) is 2. The molecular formula is C18H16N4O6S. The summed E-state index contributed by atoms with van der Waals surface area (Å²) in [4.78, 5) is 48.7. The maximum Gasteiger partial charge on any atom is 0.310 e. The lowest BCUT2D eigenvalue weighted by Gasteiger charge is -2.28. The number of ether oxygens (including phenoxy) is 1. The summed E-state index contributed by atoms with van der Waals surface area (Å²) in [6.45, 7) is -0.797. The first-order valence-electron chi connectivity index (χ1n) is 8.42. The van der Waals surface area contributed by atoms with E-state index >= 15 is 0 Å². The molecule has 2 N–H and O–H groups in total. The van der Waals surface area contributed by atoms with Gasteiger partial charge in [0.25, 0.3) is 11.8 Å². The Balaban J connectivity index is 1.50. The zero-order valence-corrected chi connectivity index (χ0v) is 15.8. The summed E-state index contributed by atoms with van der Waals surface area (Å²) < 4.78 is 5.13. The summed E-state index contributed by atoms with van der Waals surface area (Å²) in [6, 6.07) is 12.8. The van der Waals surface area contributed by atoms with Gasteiger partial charge in [0.2, 0.25) is 5.91 Å². The van der Waals surface area contributed by atoms with Crippen molar-refractivity contribution in [2.24, 2.45) is 0 Å². The van der Waals surface area contributed by atoms with Gasteiger partial charge in [-0.3, -0.25) is 35.3 Å². The first-order chi connectivity index (χ1) is 14.0. The van der Waals surface area contributed by atoms with Gasteiger partial charge in [-0.05, 0) is 18.2 Å². The first-order valence-corrected chi connectivity index (χ1v) is 9.40. The van der Waals surface area contributed by atoms with E-state index in [1.54, 1.807) is 12.1 Å². The highest BCUT2D eigenvalue weighted by molar-refractivity contribution is 8.00. The van der Waals surface area contributed by atoms with Crippen LogP contribution >= 0.6 is 11.8 Å². The Morgan fingerprint density at radius 1 is 1.10 bits per heavy atom. The zero-order chi connectivity index (χ0) is 20.8. The minimum Gasteiger partial charge on any atom is -0.477 e. The van der Waals surface area contributed by atoms with Gasteiger partial charge in [0.15, 0.2) is 12.4 Å². The van der Waals surface area contributed by atoms with Gasteiger partial charge in [0.05, 0.1) is 16.4 Å². The van der Waals surface area contributed by atoms with Gasteiger partial charge >= 0.3 is 5.69 Å². The molecule has 2 aromatic carbocycles. The monoisotopic (exact) mass is 416 g/mol. The second-order valence-corrected chi connectivity index (χ2v) is 6.86. The maximum absolute atomic E-state index is 12.1. The van der Waals surface area contributed by atoms with Crippen LogP contribution in [0.5, 0.6) is 5.75 Å². The van der Waals surface area contributed by atoms with E-state index in [0.717, 1.165) is 4.90 Å². The predicted octanol–water partition coefficient (Wildman–Crippen LogP) is 1.26. The molecule has 3 amide bonds. The number of para-hydroxylation sites is 3. The molecule has 29 heavy (non-hydrogen) atoms. The molecule has 0 bridgehead atoms. The number of nitro groups is 1. The number of hydrazine groups is 1. The molecule has 0 radical (unpaired) electrons. The smallest absolute Gasteiger partial charge is 0.310 e. The number of thioether (sulfide) groups is 1. The van der Waals surface area contributed by atoms with E-state index in [-0.39, 0.29) is 29.6 Å². The number of hydrogen-bond donors (Lipinski definition) is 2. The fourth-order valence-electron chi connectivity index (χ4n) is 2.56. The number of rotatable bonds is 6. The van der Waals surface area contributed by atoms with E-state index in [2.05, 4.69) is 10.9 Å². The van der Waals surface area contributed by atoms with Crippen LogP contribution in [0, 0.1) is 10.1 Å². The van der Waals surface area contributed by atoms with Crippen molar-refractivity contribution < 1.29 is 24.0 Å². The summed E-state index contributed by atoms with van der Waals surface area (Å²) in [5.74, 6) is -1.36. The Bertz CT molecular complexity index is 967. The number of carbonyl (C=O) groups is 3. The molecule has 0 spiro atoms. The van der Waals surface area contributed by atoms with Crippen LogP contribution in [-0.2, 0) is 14.4 Å². The number of hydrogen-bond acceptors (Lipinski definition) is 7. The largest absolute Gasteiger partial charge is 0.477 e. The van der Waals surface area contributed by atoms with E-state index in [4.69, 9.17) is 4.74 Å². The normalized spacial score (nSPS) is 12.7. The average Bonchev–Trinajstić information content (AvgIpc) is 2.73. The van der Waals surface area contributed by atoms with E-state index < -0.39 is 23.3 Å². The number of fused-ring (bicyclic) bond motifs is 1. The highest BCUT2D eigenvalue weighted by Crippen LogP contribution is 2.34. The van der Waals surface area contributed by atoms with Crippen LogP contribution in [0.25, 0.3) is 0 Å². The third-order valence-electron chi connectivity index (χ3n) is 3.87. The number of carbonyl (C=O) groups excluding carboxylic acids is 3. The second-order valence-electron chi connectivity index (χ2n) is 5.85. The molecule has 11 heteroatoms. The molecule has 1 heterocycles. The molecule has 0 aromatic heterocycles. The fraction of sp³-hybridized carbons (Fsp3) is 0.167. The van der Waals surface area contributed by atoms with Crippen LogP contribution in [0.3, 0.4) is 0 Å². The number of anilines is 1. The topological polar surface area (TPSA) is 131 Å². The molecule has 0 unspecified atom stereocenters. The molecule has 10 nitrogen and oxygen atoms in total. The lowest BCUT2D eigenvalue weighted by Crippen LogP contribution is -2.49. The molecule has 0 saturated heterocycles. The standard InChI is InChI=1S/C18H16N4O6S/c23-16(9-21-13-6-2-4-8-15(13)29-11-18(21)25)19-20-17(24)10-28-14-7-3-1-5-12(14)22(26)27/h1-8H,9-11H2,(H,19,23)(H,20,24). The number of nitro benzene ring substituents is 1. The van der Waals surface area contributed by atoms with Gasteiger partial charge in [-0.15, -0.1) is 11.8 Å². The highest BCUT2D eigenvalue weighted by Gasteiger charge is 2.26. The Hall–Kier alpha value is -3.60. The zero-order valence-electron chi connectivity index (χ0n) is 15.0. The number of benzene rings is 2. The third kappa shape index (κ3) is 5.02. The number of nitrogens with one attached hydrogen (secondary N) is 2. The predicted molar refractivity (Wildman–Crippen MR) is 104 cm³/mol. The molecule has 0 fully saturated rings. The summed E-state index contributed by atoms with van der Waals surface area (Å²) in [5.41, 5.74) is 4.72. The molecule has 0 atom stereocenters. The Labute approximate surface area is 169 Å². The third-order valence-corrected chi connectivity index (χ3v) is 4.92. The van der Waals surface area contributed by atoms with Crippen molar-refractivity contribution in [1.82, 2.24) is 10.9 Å². The van der Waals surface area contributed by atoms with Crippen LogP contribution in [0.2, 0.25) is 0 Å². The van der Waals surface area contributed by atoms with E-state index in [1.807, 2.05) is 12.1 Å². The first kappa shape index (κ1) is 20.1. The van der Waals surface area contributed by atoms with Crippen molar-refractivity contribution >= 4 is 40.9 Å². The summed E-state index contributed by atoms with van der Waals surface area (Å²) in [5, 5.41) is 10.9. The van der Waals surface area contributed by atoms with Gasteiger partial charge in [0, 0.05) is 11.0 Å². The fourth-order valence-corrected chi connectivity index (χ4v) is 3.50. The Kier molecular flexibility index (Phi) is 6.29. The lowest BCUT2D eigenvalue weighted by atomic mass is 10.2. The lowest BCUT2D eigenvalue weighted by molar-refractivity contribution is -0.385. The molecule has 150 valence electrons.